The van der Waals surface area contributed by atoms with Crippen LogP contribution in [0.15, 0.2) is 54.6 Å². The Morgan fingerprint density at radius 2 is 1.71 bits per heavy atom. The van der Waals surface area contributed by atoms with Gasteiger partial charge in [0.25, 0.3) is 0 Å². The average molecular weight is 502 g/mol. The summed E-state index contributed by atoms with van der Waals surface area (Å²) in [6.07, 6.45) is 4.01. The fourth-order valence-electron chi connectivity index (χ4n) is 3.99. The number of nitrogens with zero attached hydrogens (tertiary/aromatic N) is 2. The Kier molecular flexibility index (Phi) is 11.2. The molecule has 0 fully saturated rings. The number of anilines is 1. The maximum atomic E-state index is 13.4. The van der Waals surface area contributed by atoms with Gasteiger partial charge in [0, 0.05) is 26.1 Å². The first-order valence-corrected chi connectivity index (χ1v) is 14.2. The van der Waals surface area contributed by atoms with Crippen LogP contribution in [0.4, 0.5) is 5.69 Å². The van der Waals surface area contributed by atoms with Gasteiger partial charge in [0.05, 0.1) is 11.9 Å². The summed E-state index contributed by atoms with van der Waals surface area (Å²) in [5.41, 5.74) is 2.49. The van der Waals surface area contributed by atoms with Gasteiger partial charge in [-0.25, -0.2) is 8.42 Å². The topological polar surface area (TPSA) is 86.8 Å². The average Bonchev–Trinajstić information content (AvgIpc) is 2.81. The third-order valence-electron chi connectivity index (χ3n) is 5.85. The smallest absolute Gasteiger partial charge is 0.242 e. The van der Waals surface area contributed by atoms with Crippen molar-refractivity contribution < 1.29 is 18.0 Å². The number of nitrogens with one attached hydrogen (secondary N) is 1. The van der Waals surface area contributed by atoms with Crippen molar-refractivity contribution in [2.24, 2.45) is 0 Å². The highest BCUT2D eigenvalue weighted by Crippen LogP contribution is 2.20. The summed E-state index contributed by atoms with van der Waals surface area (Å²) in [5, 5.41) is 2.96. The first kappa shape index (κ1) is 28.4. The lowest BCUT2D eigenvalue weighted by molar-refractivity contribution is -0.141. The maximum Gasteiger partial charge on any atom is 0.242 e. The molecule has 2 aromatic rings. The molecule has 2 aromatic carbocycles. The maximum absolute atomic E-state index is 13.4. The number of carbonyl (C=O) groups excluding carboxylic acids is 2. The lowest BCUT2D eigenvalue weighted by atomic mass is 10.1. The Morgan fingerprint density at radius 1 is 1.00 bits per heavy atom. The highest BCUT2D eigenvalue weighted by molar-refractivity contribution is 7.92. The van der Waals surface area contributed by atoms with Gasteiger partial charge in [-0.05, 0) is 49.4 Å². The summed E-state index contributed by atoms with van der Waals surface area (Å²) in [4.78, 5) is 27.9. The molecule has 8 heteroatoms. The van der Waals surface area contributed by atoms with E-state index < -0.39 is 16.1 Å². The quantitative estimate of drug-likeness (QED) is 0.392. The third kappa shape index (κ3) is 9.02. The van der Waals surface area contributed by atoms with E-state index in [9.17, 15) is 18.0 Å². The zero-order valence-corrected chi connectivity index (χ0v) is 22.2. The van der Waals surface area contributed by atoms with Crippen LogP contribution in [0, 0.1) is 6.92 Å². The molecule has 1 atom stereocenters. The van der Waals surface area contributed by atoms with Gasteiger partial charge in [-0.15, -0.1) is 0 Å². The van der Waals surface area contributed by atoms with Crippen LogP contribution in [0.5, 0.6) is 0 Å². The molecule has 0 bridgehead atoms. The van der Waals surface area contributed by atoms with Crippen molar-refractivity contribution in [3.63, 3.8) is 0 Å². The number of carbonyl (C=O) groups is 2. The van der Waals surface area contributed by atoms with E-state index in [0.29, 0.717) is 31.6 Å². The molecule has 2 rings (SSSR count). The van der Waals surface area contributed by atoms with Crippen molar-refractivity contribution in [1.29, 1.82) is 0 Å². The second-order valence-electron chi connectivity index (χ2n) is 8.85. The predicted octanol–water partition coefficient (Wildman–Crippen LogP) is 4.26. The lowest BCUT2D eigenvalue weighted by Crippen LogP contribution is -2.49. The highest BCUT2D eigenvalue weighted by Gasteiger charge is 2.28. The molecule has 2 amide bonds. The molecular weight excluding hydrogens is 462 g/mol. The van der Waals surface area contributed by atoms with Gasteiger partial charge in [0.1, 0.15) is 6.04 Å². The fraction of sp³-hybridized carbons (Fsp3) is 0.481. The van der Waals surface area contributed by atoms with Crippen molar-refractivity contribution in [3.05, 3.63) is 65.7 Å². The van der Waals surface area contributed by atoms with Gasteiger partial charge in [0.2, 0.25) is 21.8 Å². The third-order valence-corrected chi connectivity index (χ3v) is 7.05. The normalized spacial score (nSPS) is 12.1. The van der Waals surface area contributed by atoms with Crippen molar-refractivity contribution in [2.75, 3.05) is 23.7 Å². The van der Waals surface area contributed by atoms with Crippen LogP contribution in [0.1, 0.15) is 57.1 Å². The minimum atomic E-state index is -3.50. The minimum absolute atomic E-state index is 0.142. The molecule has 7 nitrogen and oxygen atoms in total. The SMILES string of the molecule is CCCCNC(=O)[C@@H](CC)N(Cc1ccccc1)C(=O)CCCN(c1cccc(C)c1)S(C)(=O)=O. The van der Waals surface area contributed by atoms with Crippen molar-refractivity contribution in [2.45, 2.75) is 65.5 Å². The molecule has 0 aromatic heterocycles. The Balaban J connectivity index is 2.16. The van der Waals surface area contributed by atoms with Crippen LogP contribution in [0.25, 0.3) is 0 Å². The van der Waals surface area contributed by atoms with Crippen LogP contribution < -0.4 is 9.62 Å². The number of sulfonamides is 1. The summed E-state index contributed by atoms with van der Waals surface area (Å²) in [7, 11) is -3.50. The summed E-state index contributed by atoms with van der Waals surface area (Å²) in [6.45, 7) is 6.97. The molecule has 0 heterocycles. The van der Waals surface area contributed by atoms with Crippen LogP contribution in [0.3, 0.4) is 0 Å². The number of rotatable bonds is 14. The molecule has 192 valence electrons. The minimum Gasteiger partial charge on any atom is -0.354 e. The summed E-state index contributed by atoms with van der Waals surface area (Å²) in [6, 6.07) is 16.3. The molecule has 0 unspecified atom stereocenters. The van der Waals surface area contributed by atoms with E-state index >= 15 is 0 Å². The lowest BCUT2D eigenvalue weighted by Gasteiger charge is -2.31. The first-order valence-electron chi connectivity index (χ1n) is 12.3. The molecule has 0 saturated heterocycles. The number of amides is 2. The fourth-order valence-corrected chi connectivity index (χ4v) is 4.95. The van der Waals surface area contributed by atoms with Gasteiger partial charge in [-0.2, -0.15) is 0 Å². The molecule has 0 saturated carbocycles. The Hall–Kier alpha value is -2.87. The highest BCUT2D eigenvalue weighted by atomic mass is 32.2. The molecule has 0 aliphatic rings. The number of hydrogen-bond donors (Lipinski definition) is 1. The van der Waals surface area contributed by atoms with Crippen molar-refractivity contribution >= 4 is 27.5 Å². The van der Waals surface area contributed by atoms with E-state index in [2.05, 4.69) is 12.2 Å². The summed E-state index contributed by atoms with van der Waals surface area (Å²) < 4.78 is 26.2. The Labute approximate surface area is 210 Å². The van der Waals surface area contributed by atoms with Gasteiger partial charge < -0.3 is 10.2 Å². The van der Waals surface area contributed by atoms with E-state index in [4.69, 9.17) is 0 Å². The van der Waals surface area contributed by atoms with Crippen LogP contribution in [-0.4, -0.2) is 50.5 Å². The zero-order valence-electron chi connectivity index (χ0n) is 21.4. The zero-order chi connectivity index (χ0) is 25.8. The molecule has 1 N–H and O–H groups in total. The van der Waals surface area contributed by atoms with Crippen LogP contribution in [-0.2, 0) is 26.2 Å². The second-order valence-corrected chi connectivity index (χ2v) is 10.8. The van der Waals surface area contributed by atoms with E-state index in [1.165, 1.54) is 10.6 Å². The van der Waals surface area contributed by atoms with Gasteiger partial charge >= 0.3 is 0 Å². The van der Waals surface area contributed by atoms with Gasteiger partial charge in [-0.3, -0.25) is 13.9 Å². The summed E-state index contributed by atoms with van der Waals surface area (Å²) >= 11 is 0. The monoisotopic (exact) mass is 501 g/mol. The standard InChI is InChI=1S/C27H39N3O4S/c1-5-7-18-28-27(32)25(6-2)29(21-23-14-9-8-10-15-23)26(31)17-12-19-30(35(4,33)34)24-16-11-13-22(3)20-24/h8-11,13-16,20,25H,5-7,12,17-19,21H2,1-4H3,(H,28,32)/t25-/m1/s1. The second kappa shape index (κ2) is 13.9. The van der Waals surface area contributed by atoms with Crippen molar-refractivity contribution in [3.8, 4) is 0 Å². The van der Waals surface area contributed by atoms with Crippen LogP contribution >= 0.6 is 0 Å². The molecule has 0 spiro atoms. The molecule has 0 radical (unpaired) electrons. The van der Waals surface area contributed by atoms with E-state index in [-0.39, 0.29) is 24.8 Å². The Morgan fingerprint density at radius 3 is 2.31 bits per heavy atom. The van der Waals surface area contributed by atoms with Crippen molar-refractivity contribution in [1.82, 2.24) is 10.2 Å². The number of unbranched alkanes of at least 4 members (excludes halogenated alkanes) is 1. The first-order chi connectivity index (χ1) is 16.7. The van der Waals surface area contributed by atoms with E-state index in [1.807, 2.05) is 62.4 Å². The summed E-state index contributed by atoms with van der Waals surface area (Å²) in [5.74, 6) is -0.313. The molecule has 0 aliphatic heterocycles. The van der Waals surface area contributed by atoms with Gasteiger partial charge in [0.15, 0.2) is 0 Å². The van der Waals surface area contributed by atoms with Gasteiger partial charge in [-0.1, -0.05) is 62.7 Å². The van der Waals surface area contributed by atoms with Crippen LogP contribution in [0.2, 0.25) is 0 Å². The number of benzene rings is 2. The number of hydrogen-bond acceptors (Lipinski definition) is 4. The Bertz CT molecular complexity index is 1060. The molecule has 0 aliphatic carbocycles. The molecule has 35 heavy (non-hydrogen) atoms. The number of aryl methyl sites for hydroxylation is 1. The van der Waals surface area contributed by atoms with E-state index in [1.54, 1.807) is 11.0 Å². The molecular formula is C27H39N3O4S. The largest absolute Gasteiger partial charge is 0.354 e. The predicted molar refractivity (Wildman–Crippen MR) is 142 cm³/mol. The van der Waals surface area contributed by atoms with E-state index in [0.717, 1.165) is 24.0 Å².